The van der Waals surface area contributed by atoms with E-state index >= 15 is 0 Å². The molecule has 200 valence electrons. The average Bonchev–Trinajstić information content (AvgIpc) is 3.36. The van der Waals surface area contributed by atoms with Crippen LogP contribution in [0, 0.1) is 5.92 Å². The Morgan fingerprint density at radius 3 is 1.64 bits per heavy atom. The van der Waals surface area contributed by atoms with Gasteiger partial charge in [-0.3, -0.25) is 0 Å². The van der Waals surface area contributed by atoms with Crippen molar-refractivity contribution < 1.29 is 9.53 Å². The molecule has 39 heavy (non-hydrogen) atoms. The number of likely N-dealkylation sites (tertiary alicyclic amines) is 1. The molecule has 1 saturated heterocycles. The second kappa shape index (κ2) is 12.2. The molecule has 0 bridgehead atoms. The van der Waals surface area contributed by atoms with Crippen LogP contribution < -0.4 is 10.6 Å². The van der Waals surface area contributed by atoms with Crippen LogP contribution in [0.2, 0.25) is 0 Å². The number of benzene rings is 4. The van der Waals surface area contributed by atoms with Crippen molar-refractivity contribution in [2.24, 2.45) is 5.92 Å². The molecule has 2 atom stereocenters. The predicted octanol–water partition coefficient (Wildman–Crippen LogP) is 7.58. The second-order valence-corrected chi connectivity index (χ2v) is 13.6. The second-order valence-electron chi connectivity index (χ2n) is 11.4. The minimum absolute atomic E-state index is 0.0892. The first-order chi connectivity index (χ1) is 18.9. The van der Waals surface area contributed by atoms with Crippen LogP contribution in [0.3, 0.4) is 0 Å². The minimum atomic E-state index is -0.643. The topological polar surface area (TPSA) is 29.5 Å². The Balaban J connectivity index is 1.51. The Bertz CT molecular complexity index is 1240. The highest BCUT2D eigenvalue weighted by atomic mass is 31.1. The summed E-state index contributed by atoms with van der Waals surface area (Å²) in [6.45, 7) is 6.53. The molecular weight excluding hydrogens is 497 g/mol. The number of carbonyl (C=O) groups is 1. The molecule has 4 heteroatoms. The summed E-state index contributed by atoms with van der Waals surface area (Å²) in [6, 6.07) is 43.2. The van der Waals surface area contributed by atoms with Gasteiger partial charge in [0.2, 0.25) is 0 Å². The van der Waals surface area contributed by atoms with E-state index in [-0.39, 0.29) is 24.0 Å². The van der Waals surface area contributed by atoms with Crippen molar-refractivity contribution in [1.82, 2.24) is 4.90 Å². The monoisotopic (exact) mass is 535 g/mol. The van der Waals surface area contributed by atoms with E-state index in [0.29, 0.717) is 6.54 Å². The number of amides is 1. The lowest BCUT2D eigenvalue weighted by molar-refractivity contribution is 0.0235. The Labute approximate surface area is 234 Å². The third kappa shape index (κ3) is 6.78. The van der Waals surface area contributed by atoms with Crippen LogP contribution in [0.4, 0.5) is 4.79 Å². The zero-order valence-corrected chi connectivity index (χ0v) is 24.0. The molecule has 0 radical (unpaired) electrons. The summed E-state index contributed by atoms with van der Waals surface area (Å²) >= 11 is 0. The van der Waals surface area contributed by atoms with E-state index in [1.165, 1.54) is 21.7 Å². The highest BCUT2D eigenvalue weighted by molar-refractivity contribution is 7.73. The van der Waals surface area contributed by atoms with Crippen LogP contribution in [0.15, 0.2) is 121 Å². The quantitative estimate of drug-likeness (QED) is 0.228. The van der Waals surface area contributed by atoms with Gasteiger partial charge in [0.05, 0.1) is 0 Å². The third-order valence-electron chi connectivity index (χ3n) is 7.39. The van der Waals surface area contributed by atoms with Crippen LogP contribution in [0.1, 0.15) is 44.2 Å². The number of ether oxygens (including phenoxy) is 1. The van der Waals surface area contributed by atoms with Gasteiger partial charge >= 0.3 is 6.09 Å². The summed E-state index contributed by atoms with van der Waals surface area (Å²) in [5.74, 6) is 0.498. The molecule has 1 heterocycles. The Morgan fingerprint density at radius 1 is 0.769 bits per heavy atom. The molecule has 3 nitrogen and oxygen atoms in total. The molecule has 1 aliphatic heterocycles. The highest BCUT2D eigenvalue weighted by Crippen LogP contribution is 2.44. The van der Waals surface area contributed by atoms with E-state index in [9.17, 15) is 4.79 Å². The summed E-state index contributed by atoms with van der Waals surface area (Å²) in [5, 5.41) is 2.68. The zero-order chi connectivity index (χ0) is 27.2. The van der Waals surface area contributed by atoms with Crippen LogP contribution in [0.25, 0.3) is 0 Å². The van der Waals surface area contributed by atoms with E-state index in [0.717, 1.165) is 12.6 Å². The van der Waals surface area contributed by atoms with E-state index < -0.39 is 13.5 Å². The van der Waals surface area contributed by atoms with E-state index in [1.54, 1.807) is 0 Å². The van der Waals surface area contributed by atoms with E-state index in [2.05, 4.69) is 121 Å². The van der Waals surface area contributed by atoms with Gasteiger partial charge in [0.1, 0.15) is 5.60 Å². The maximum absolute atomic E-state index is 13.7. The van der Waals surface area contributed by atoms with Gasteiger partial charge in [-0.05, 0) is 68.9 Å². The van der Waals surface area contributed by atoms with Crippen LogP contribution in [0.5, 0.6) is 0 Å². The Morgan fingerprint density at radius 2 is 1.21 bits per heavy atom. The maximum atomic E-state index is 13.7. The van der Waals surface area contributed by atoms with Crippen molar-refractivity contribution >= 4 is 24.6 Å². The standard InChI is InChI=1S/C35H38NO2P/c1-35(2,3)38-34(37)36-25-29(33(27-16-8-4-9-17-27)28-18-10-5-11-19-28)24-30(36)26-39(31-20-12-6-13-21-31)32-22-14-7-15-23-32/h4-23,29-30,33H,24-26H2,1-3H3/t29-,30+/m1/s1. The predicted molar refractivity (Wildman–Crippen MR) is 164 cm³/mol. The molecule has 1 amide bonds. The first-order valence-electron chi connectivity index (χ1n) is 13.9. The van der Waals surface area contributed by atoms with E-state index in [4.69, 9.17) is 4.74 Å². The van der Waals surface area contributed by atoms with Gasteiger partial charge in [-0.1, -0.05) is 121 Å². The van der Waals surface area contributed by atoms with Crippen molar-refractivity contribution in [3.63, 3.8) is 0 Å². The van der Waals surface area contributed by atoms with Gasteiger partial charge in [-0.25, -0.2) is 4.79 Å². The van der Waals surface area contributed by atoms with Crippen LogP contribution in [-0.2, 0) is 4.74 Å². The van der Waals surface area contributed by atoms with E-state index in [1.807, 2.05) is 25.7 Å². The van der Waals surface area contributed by atoms with Crippen molar-refractivity contribution in [3.8, 4) is 0 Å². The van der Waals surface area contributed by atoms with Crippen molar-refractivity contribution in [2.75, 3.05) is 12.7 Å². The molecule has 1 fully saturated rings. The number of hydrogen-bond donors (Lipinski definition) is 0. The normalized spacial score (nSPS) is 17.5. The molecule has 4 aromatic rings. The van der Waals surface area contributed by atoms with Gasteiger partial charge in [0.15, 0.2) is 0 Å². The lowest BCUT2D eigenvalue weighted by Gasteiger charge is -2.31. The molecule has 0 spiro atoms. The molecule has 0 unspecified atom stereocenters. The van der Waals surface area contributed by atoms with Gasteiger partial charge in [0.25, 0.3) is 0 Å². The first kappa shape index (κ1) is 27.2. The molecule has 0 aliphatic carbocycles. The van der Waals surface area contributed by atoms with Crippen molar-refractivity contribution in [2.45, 2.75) is 44.8 Å². The number of hydrogen-bond acceptors (Lipinski definition) is 2. The smallest absolute Gasteiger partial charge is 0.410 e. The Kier molecular flexibility index (Phi) is 8.48. The molecule has 0 saturated carbocycles. The fraction of sp³-hybridized carbons (Fsp3) is 0.286. The number of rotatable bonds is 7. The maximum Gasteiger partial charge on any atom is 0.410 e. The Hall–Kier alpha value is -3.42. The van der Waals surface area contributed by atoms with Gasteiger partial charge in [0, 0.05) is 18.5 Å². The fourth-order valence-corrected chi connectivity index (χ4v) is 8.31. The van der Waals surface area contributed by atoms with Crippen molar-refractivity contribution in [1.29, 1.82) is 0 Å². The van der Waals surface area contributed by atoms with Gasteiger partial charge in [-0.2, -0.15) is 0 Å². The van der Waals surface area contributed by atoms with Gasteiger partial charge < -0.3 is 9.64 Å². The fourth-order valence-electron chi connectivity index (χ4n) is 5.76. The SMILES string of the molecule is CC(C)(C)OC(=O)N1C[C@H](C(c2ccccc2)c2ccccc2)C[C@H]1CP(c1ccccc1)c1ccccc1. The summed E-state index contributed by atoms with van der Waals surface area (Å²) in [5.41, 5.74) is 2.06. The third-order valence-corrected chi connectivity index (χ3v) is 10.0. The van der Waals surface area contributed by atoms with Gasteiger partial charge in [-0.15, -0.1) is 0 Å². The summed E-state index contributed by atoms with van der Waals surface area (Å²) < 4.78 is 5.98. The largest absolute Gasteiger partial charge is 0.444 e. The molecule has 5 rings (SSSR count). The summed E-state index contributed by atoms with van der Waals surface area (Å²) in [4.78, 5) is 15.7. The average molecular weight is 536 g/mol. The zero-order valence-electron chi connectivity index (χ0n) is 23.1. The summed E-state index contributed by atoms with van der Waals surface area (Å²) in [7, 11) is -0.643. The van der Waals surface area contributed by atoms with Crippen molar-refractivity contribution in [3.05, 3.63) is 132 Å². The van der Waals surface area contributed by atoms with Crippen LogP contribution >= 0.6 is 7.92 Å². The molecular formula is C35H38NO2P. The number of nitrogens with zero attached hydrogens (tertiary/aromatic N) is 1. The molecule has 4 aromatic carbocycles. The number of carbonyl (C=O) groups excluding carboxylic acids is 1. The lowest BCUT2D eigenvalue weighted by atomic mass is 9.79. The highest BCUT2D eigenvalue weighted by Gasteiger charge is 2.42. The molecule has 0 aromatic heterocycles. The first-order valence-corrected chi connectivity index (χ1v) is 15.4. The molecule has 1 aliphatic rings. The van der Waals surface area contributed by atoms with Crippen LogP contribution in [-0.4, -0.2) is 35.3 Å². The summed E-state index contributed by atoms with van der Waals surface area (Å²) in [6.07, 6.45) is 1.65. The minimum Gasteiger partial charge on any atom is -0.444 e. The lowest BCUT2D eigenvalue weighted by Crippen LogP contribution is -2.42. The molecule has 0 N–H and O–H groups in total.